The van der Waals surface area contributed by atoms with Gasteiger partial charge in [-0.2, -0.15) is 13.2 Å². The van der Waals surface area contributed by atoms with Crippen LogP contribution in [0.5, 0.6) is 0 Å². The van der Waals surface area contributed by atoms with Gasteiger partial charge in [0.25, 0.3) is 0 Å². The summed E-state index contributed by atoms with van der Waals surface area (Å²) >= 11 is 0. The monoisotopic (exact) mass is 332 g/mol. The summed E-state index contributed by atoms with van der Waals surface area (Å²) in [5, 5.41) is 2.63. The molecule has 1 heterocycles. The lowest BCUT2D eigenvalue weighted by atomic mass is 9.95. The molecule has 0 saturated carbocycles. The van der Waals surface area contributed by atoms with Gasteiger partial charge >= 0.3 is 6.18 Å². The molecule has 0 atom stereocenters. The lowest BCUT2D eigenvalue weighted by molar-refractivity contribution is -0.162. The van der Waals surface area contributed by atoms with Crippen molar-refractivity contribution in [3.05, 3.63) is 30.1 Å². The van der Waals surface area contributed by atoms with Gasteiger partial charge in [-0.05, 0) is 37.1 Å². The van der Waals surface area contributed by atoms with Gasteiger partial charge < -0.3 is 10.2 Å². The number of amides is 2. The molecule has 1 aromatic rings. The molecule has 2 amide bonds. The molecule has 0 bridgehead atoms. The number of carbonyl (C=O) groups excluding carboxylic acids is 2. The molecular weight excluding hydrogens is 316 g/mol. The Hall–Kier alpha value is -2.12. The first kappa shape index (κ1) is 17.2. The molecule has 0 aliphatic carbocycles. The van der Waals surface area contributed by atoms with Crippen molar-refractivity contribution in [3.8, 4) is 0 Å². The molecule has 1 saturated heterocycles. The minimum atomic E-state index is -4.52. The summed E-state index contributed by atoms with van der Waals surface area (Å²) in [4.78, 5) is 24.7. The van der Waals surface area contributed by atoms with Crippen molar-refractivity contribution in [2.75, 3.05) is 18.4 Å². The molecular formula is C15H16F4N2O2. The van der Waals surface area contributed by atoms with Crippen LogP contribution in [0.15, 0.2) is 24.3 Å². The van der Waals surface area contributed by atoms with Crippen molar-refractivity contribution < 1.29 is 27.2 Å². The fourth-order valence-corrected chi connectivity index (χ4v) is 2.45. The molecule has 0 radical (unpaired) electrons. The van der Waals surface area contributed by atoms with Gasteiger partial charge in [-0.3, -0.25) is 9.59 Å². The number of benzene rings is 1. The molecule has 126 valence electrons. The SMILES string of the molecule is O=C(Nc1ccc(F)cc1)C1CCN(C(=O)CC(F)(F)F)CC1. The molecule has 0 unspecified atom stereocenters. The maximum atomic E-state index is 12.8. The predicted octanol–water partition coefficient (Wildman–Crippen LogP) is 2.96. The average Bonchev–Trinajstić information content (AvgIpc) is 2.48. The van der Waals surface area contributed by atoms with E-state index in [4.69, 9.17) is 0 Å². The first-order valence-electron chi connectivity index (χ1n) is 7.15. The van der Waals surface area contributed by atoms with Crippen molar-refractivity contribution in [1.82, 2.24) is 4.90 Å². The number of anilines is 1. The second-order valence-electron chi connectivity index (χ2n) is 5.44. The lowest BCUT2D eigenvalue weighted by Gasteiger charge is -2.31. The Bertz CT molecular complexity index is 564. The molecule has 8 heteroatoms. The molecule has 2 rings (SSSR count). The Balaban J connectivity index is 1.83. The van der Waals surface area contributed by atoms with Crippen molar-refractivity contribution in [1.29, 1.82) is 0 Å². The molecule has 0 aromatic heterocycles. The van der Waals surface area contributed by atoms with Crippen LogP contribution in [0.25, 0.3) is 0 Å². The number of likely N-dealkylation sites (tertiary alicyclic amines) is 1. The van der Waals surface area contributed by atoms with Crippen LogP contribution < -0.4 is 5.32 Å². The van der Waals surface area contributed by atoms with Crippen LogP contribution in [0, 0.1) is 11.7 Å². The summed E-state index contributed by atoms with van der Waals surface area (Å²) in [5.41, 5.74) is 0.451. The smallest absolute Gasteiger partial charge is 0.342 e. The quantitative estimate of drug-likeness (QED) is 0.865. The molecule has 0 spiro atoms. The number of hydrogen-bond donors (Lipinski definition) is 1. The van der Waals surface area contributed by atoms with Crippen molar-refractivity contribution >= 4 is 17.5 Å². The van der Waals surface area contributed by atoms with E-state index in [1.54, 1.807) is 0 Å². The van der Waals surface area contributed by atoms with Crippen LogP contribution in [-0.4, -0.2) is 36.0 Å². The van der Waals surface area contributed by atoms with Crippen molar-refractivity contribution in [3.63, 3.8) is 0 Å². The van der Waals surface area contributed by atoms with Gasteiger partial charge in [-0.15, -0.1) is 0 Å². The largest absolute Gasteiger partial charge is 0.397 e. The van der Waals surface area contributed by atoms with E-state index in [0.717, 1.165) is 4.90 Å². The van der Waals surface area contributed by atoms with E-state index in [0.29, 0.717) is 18.5 Å². The first-order chi connectivity index (χ1) is 10.7. The van der Waals surface area contributed by atoms with Gasteiger partial charge in [0.05, 0.1) is 0 Å². The van der Waals surface area contributed by atoms with E-state index in [2.05, 4.69) is 5.32 Å². The summed E-state index contributed by atoms with van der Waals surface area (Å²) in [5.74, 6) is -2.04. The fraction of sp³-hybridized carbons (Fsp3) is 0.467. The maximum Gasteiger partial charge on any atom is 0.397 e. The normalized spacial score (nSPS) is 16.3. The molecule has 1 N–H and O–H groups in total. The zero-order chi connectivity index (χ0) is 17.0. The summed E-state index contributed by atoms with van der Waals surface area (Å²) in [6, 6.07) is 5.28. The van der Waals surface area contributed by atoms with E-state index in [1.165, 1.54) is 24.3 Å². The summed E-state index contributed by atoms with van der Waals surface area (Å²) in [7, 11) is 0. The van der Waals surface area contributed by atoms with Gasteiger partial charge in [0.15, 0.2) is 0 Å². The van der Waals surface area contributed by atoms with E-state index in [1.807, 2.05) is 0 Å². The number of alkyl halides is 3. The molecule has 1 aliphatic rings. The van der Waals surface area contributed by atoms with Crippen LogP contribution in [-0.2, 0) is 9.59 Å². The first-order valence-corrected chi connectivity index (χ1v) is 7.15. The van der Waals surface area contributed by atoms with Gasteiger partial charge in [-0.1, -0.05) is 0 Å². The zero-order valence-corrected chi connectivity index (χ0v) is 12.2. The Labute approximate surface area is 130 Å². The summed E-state index contributed by atoms with van der Waals surface area (Å²) < 4.78 is 49.4. The Morgan fingerprint density at radius 2 is 1.70 bits per heavy atom. The second-order valence-corrected chi connectivity index (χ2v) is 5.44. The van der Waals surface area contributed by atoms with Gasteiger partial charge in [-0.25, -0.2) is 4.39 Å². The number of piperidine rings is 1. The highest BCUT2D eigenvalue weighted by Gasteiger charge is 2.35. The van der Waals surface area contributed by atoms with E-state index in [9.17, 15) is 27.2 Å². The van der Waals surface area contributed by atoms with Crippen LogP contribution in [0.2, 0.25) is 0 Å². The van der Waals surface area contributed by atoms with Crippen molar-refractivity contribution in [2.45, 2.75) is 25.4 Å². The topological polar surface area (TPSA) is 49.4 Å². The van der Waals surface area contributed by atoms with Crippen LogP contribution in [0.1, 0.15) is 19.3 Å². The molecule has 1 aliphatic heterocycles. The highest BCUT2D eigenvalue weighted by atomic mass is 19.4. The summed E-state index contributed by atoms with van der Waals surface area (Å²) in [6.45, 7) is 0.243. The molecule has 23 heavy (non-hydrogen) atoms. The van der Waals surface area contributed by atoms with Gasteiger partial charge in [0.1, 0.15) is 12.2 Å². The minimum absolute atomic E-state index is 0.121. The van der Waals surface area contributed by atoms with Gasteiger partial charge in [0, 0.05) is 24.7 Å². The molecule has 4 nitrogen and oxygen atoms in total. The third kappa shape index (κ3) is 5.22. The lowest BCUT2D eigenvalue weighted by Crippen LogP contribution is -2.42. The molecule has 1 aromatic carbocycles. The number of nitrogens with zero attached hydrogens (tertiary/aromatic N) is 1. The van der Waals surface area contributed by atoms with Crippen LogP contribution in [0.4, 0.5) is 23.2 Å². The Morgan fingerprint density at radius 1 is 1.13 bits per heavy atom. The summed E-state index contributed by atoms with van der Waals surface area (Å²) in [6.07, 6.45) is -5.39. The highest BCUT2D eigenvalue weighted by Crippen LogP contribution is 2.24. The molecule has 1 fully saturated rings. The third-order valence-corrected chi connectivity index (χ3v) is 3.68. The maximum absolute atomic E-state index is 12.8. The fourth-order valence-electron chi connectivity index (χ4n) is 2.45. The minimum Gasteiger partial charge on any atom is -0.342 e. The van der Waals surface area contributed by atoms with Crippen LogP contribution >= 0.6 is 0 Å². The van der Waals surface area contributed by atoms with E-state index in [-0.39, 0.29) is 24.9 Å². The van der Waals surface area contributed by atoms with Gasteiger partial charge in [0.2, 0.25) is 11.8 Å². The van der Waals surface area contributed by atoms with Crippen molar-refractivity contribution in [2.24, 2.45) is 5.92 Å². The number of halogens is 4. The number of nitrogens with one attached hydrogen (secondary N) is 1. The Kier molecular flexibility index (Phi) is 5.23. The predicted molar refractivity (Wildman–Crippen MR) is 75.0 cm³/mol. The standard InChI is InChI=1S/C15H16F4N2O2/c16-11-1-3-12(4-2-11)20-14(23)10-5-7-21(8-6-10)13(22)9-15(17,18)19/h1-4,10H,5-9H2,(H,20,23). The third-order valence-electron chi connectivity index (χ3n) is 3.68. The van der Waals surface area contributed by atoms with E-state index < -0.39 is 24.3 Å². The van der Waals surface area contributed by atoms with Crippen LogP contribution in [0.3, 0.4) is 0 Å². The average molecular weight is 332 g/mol. The number of rotatable bonds is 3. The second kappa shape index (κ2) is 6.97. The Morgan fingerprint density at radius 3 is 2.22 bits per heavy atom. The highest BCUT2D eigenvalue weighted by molar-refractivity contribution is 5.92. The number of carbonyl (C=O) groups is 2. The number of hydrogen-bond acceptors (Lipinski definition) is 2. The zero-order valence-electron chi connectivity index (χ0n) is 12.2. The van der Waals surface area contributed by atoms with E-state index >= 15 is 0 Å².